The molecule has 0 aromatic heterocycles. The van der Waals surface area contributed by atoms with E-state index >= 15 is 0 Å². The Morgan fingerprint density at radius 2 is 1.71 bits per heavy atom. The minimum atomic E-state index is -0.263. The van der Waals surface area contributed by atoms with Crippen molar-refractivity contribution < 1.29 is 14.7 Å². The molecule has 166 valence electrons. The minimum Gasteiger partial charge on any atom is -0.504 e. The summed E-state index contributed by atoms with van der Waals surface area (Å²) in [6, 6.07) is 0. The fourth-order valence-electron chi connectivity index (χ4n) is 8.39. The molecule has 1 N–H and O–H groups in total. The normalized spacial score (nSPS) is 46.8. The topological polar surface area (TPSA) is 54.4 Å². The molecule has 0 amide bonds. The van der Waals surface area contributed by atoms with Crippen molar-refractivity contribution >= 4 is 11.6 Å². The Morgan fingerprint density at radius 3 is 2.42 bits per heavy atom. The van der Waals surface area contributed by atoms with E-state index in [1.807, 2.05) is 6.92 Å². The van der Waals surface area contributed by atoms with E-state index in [9.17, 15) is 14.7 Å². The minimum absolute atomic E-state index is 0.0350. The summed E-state index contributed by atoms with van der Waals surface area (Å²) in [4.78, 5) is 25.2. The zero-order chi connectivity index (χ0) is 22.6. The van der Waals surface area contributed by atoms with Crippen LogP contribution in [0.25, 0.3) is 0 Å². The van der Waals surface area contributed by atoms with Crippen LogP contribution in [0, 0.1) is 33.5 Å². The van der Waals surface area contributed by atoms with Crippen molar-refractivity contribution in [2.24, 2.45) is 33.5 Å². The van der Waals surface area contributed by atoms with Crippen LogP contribution in [0.1, 0.15) is 80.1 Å². The van der Waals surface area contributed by atoms with Crippen LogP contribution in [0.4, 0.5) is 0 Å². The number of fused-ring (bicyclic) bond motifs is 7. The molecule has 0 aromatic carbocycles. The number of ketones is 2. The molecular weight excluding hydrogens is 384 g/mol. The molecule has 5 rings (SSSR count). The van der Waals surface area contributed by atoms with Gasteiger partial charge in [-0.15, -0.1) is 0 Å². The second-order valence-corrected chi connectivity index (χ2v) is 12.1. The lowest BCUT2D eigenvalue weighted by Gasteiger charge is -2.69. The summed E-state index contributed by atoms with van der Waals surface area (Å²) < 4.78 is 0. The molecule has 5 aliphatic carbocycles. The van der Waals surface area contributed by atoms with Gasteiger partial charge in [-0.3, -0.25) is 9.59 Å². The zero-order valence-corrected chi connectivity index (χ0v) is 19.9. The van der Waals surface area contributed by atoms with Gasteiger partial charge in [0.1, 0.15) is 5.78 Å². The maximum absolute atomic E-state index is 12.6. The van der Waals surface area contributed by atoms with Crippen molar-refractivity contribution in [1.29, 1.82) is 0 Å². The molecule has 0 aromatic rings. The summed E-state index contributed by atoms with van der Waals surface area (Å²) in [7, 11) is 0. The second kappa shape index (κ2) is 6.11. The van der Waals surface area contributed by atoms with Gasteiger partial charge in [0.2, 0.25) is 5.78 Å². The molecule has 0 saturated heterocycles. The molecular formula is C28H36O3. The van der Waals surface area contributed by atoms with Gasteiger partial charge >= 0.3 is 0 Å². The molecule has 3 fully saturated rings. The maximum atomic E-state index is 12.6. The third-order valence-corrected chi connectivity index (χ3v) is 10.7. The van der Waals surface area contributed by atoms with Crippen LogP contribution in [0.5, 0.6) is 0 Å². The first-order valence-electron chi connectivity index (χ1n) is 12.0. The number of rotatable bonds is 0. The van der Waals surface area contributed by atoms with Gasteiger partial charge < -0.3 is 5.11 Å². The van der Waals surface area contributed by atoms with Crippen LogP contribution in [0.15, 0.2) is 46.3 Å². The van der Waals surface area contributed by atoms with E-state index in [2.05, 4.69) is 46.8 Å². The van der Waals surface area contributed by atoms with Crippen molar-refractivity contribution in [1.82, 2.24) is 0 Å². The van der Waals surface area contributed by atoms with Gasteiger partial charge in [-0.25, -0.2) is 0 Å². The number of hydrogen-bond donors (Lipinski definition) is 1. The van der Waals surface area contributed by atoms with E-state index < -0.39 is 0 Å². The lowest BCUT2D eigenvalue weighted by atomic mass is 9.35. The van der Waals surface area contributed by atoms with E-state index in [1.54, 1.807) is 6.08 Å². The maximum Gasteiger partial charge on any atom is 0.220 e. The number of aliphatic hydroxyl groups is 1. The molecule has 3 heteroatoms. The van der Waals surface area contributed by atoms with Crippen molar-refractivity contribution in [3.63, 3.8) is 0 Å². The molecule has 3 saturated carbocycles. The van der Waals surface area contributed by atoms with Crippen LogP contribution in [0.2, 0.25) is 0 Å². The monoisotopic (exact) mass is 420 g/mol. The lowest BCUT2D eigenvalue weighted by molar-refractivity contribution is -0.161. The Kier molecular flexibility index (Phi) is 4.14. The smallest absolute Gasteiger partial charge is 0.220 e. The van der Waals surface area contributed by atoms with Crippen LogP contribution < -0.4 is 0 Å². The third kappa shape index (κ3) is 2.41. The number of Topliss-reactive ketones (excluding diaryl/α,β-unsaturated/α-hetero) is 1. The summed E-state index contributed by atoms with van der Waals surface area (Å²) in [5, 5.41) is 10.2. The average Bonchev–Trinajstić information content (AvgIpc) is 2.71. The predicted molar refractivity (Wildman–Crippen MR) is 122 cm³/mol. The van der Waals surface area contributed by atoms with Gasteiger partial charge in [0.15, 0.2) is 5.76 Å². The summed E-state index contributed by atoms with van der Waals surface area (Å²) in [6.07, 6.45) is 12.2. The molecule has 0 heterocycles. The van der Waals surface area contributed by atoms with Crippen LogP contribution in [0.3, 0.4) is 0 Å². The first kappa shape index (κ1) is 21.0. The Morgan fingerprint density at radius 1 is 1.00 bits per heavy atom. The Balaban J connectivity index is 1.65. The average molecular weight is 421 g/mol. The van der Waals surface area contributed by atoms with E-state index in [4.69, 9.17) is 0 Å². The fraction of sp³-hybridized carbons (Fsp3) is 0.643. The summed E-state index contributed by atoms with van der Waals surface area (Å²) in [5.41, 5.74) is 4.37. The number of carbonyl (C=O) groups excluding carboxylic acids is 2. The number of hydrogen-bond acceptors (Lipinski definition) is 3. The van der Waals surface area contributed by atoms with Gasteiger partial charge in [0.05, 0.1) is 0 Å². The zero-order valence-electron chi connectivity index (χ0n) is 19.9. The molecule has 3 nitrogen and oxygen atoms in total. The van der Waals surface area contributed by atoms with Crippen molar-refractivity contribution in [3.05, 3.63) is 46.3 Å². The highest BCUT2D eigenvalue weighted by molar-refractivity contribution is 6.06. The van der Waals surface area contributed by atoms with E-state index in [1.165, 1.54) is 5.57 Å². The molecule has 0 bridgehead atoms. The van der Waals surface area contributed by atoms with Crippen molar-refractivity contribution in [2.75, 3.05) is 0 Å². The number of carbonyl (C=O) groups is 2. The van der Waals surface area contributed by atoms with Crippen molar-refractivity contribution in [3.8, 4) is 0 Å². The quantitative estimate of drug-likeness (QED) is 0.492. The second-order valence-electron chi connectivity index (χ2n) is 12.1. The lowest BCUT2D eigenvalue weighted by Crippen LogP contribution is -2.61. The highest BCUT2D eigenvalue weighted by Crippen LogP contribution is 2.74. The standard InChI is InChI=1S/C28H36O3/c1-16-13-23-25(3,15-21(16)30)9-11-27(5)22-8-7-18-17(2)24(31)20(29)14-19(18)26(22,4)10-12-28(23,27)6/h7-8,14,16,23,31H,9-13,15H2,1-6H3/t16-,23-,25-,26-,27-,28+/m0/s1. The summed E-state index contributed by atoms with van der Waals surface area (Å²) >= 11 is 0. The van der Waals surface area contributed by atoms with Crippen LogP contribution in [-0.2, 0) is 9.59 Å². The van der Waals surface area contributed by atoms with Gasteiger partial charge in [0, 0.05) is 23.3 Å². The molecule has 0 unspecified atom stereocenters. The van der Waals surface area contributed by atoms with E-state index in [-0.39, 0.29) is 39.1 Å². The Hall–Kier alpha value is -1.90. The van der Waals surface area contributed by atoms with Crippen molar-refractivity contribution in [2.45, 2.75) is 80.1 Å². The van der Waals surface area contributed by atoms with Gasteiger partial charge in [-0.1, -0.05) is 52.3 Å². The summed E-state index contributed by atoms with van der Waals surface area (Å²) in [5.74, 6) is 0.767. The SMILES string of the molecule is CC1=C(O)C(=O)C=C2C1=CC=C1[C@@]2(C)CC[C@]2(C)[C@H]3C[C@H](C)C(=O)C[C@]3(C)CC[C@@]12C. The molecule has 5 aliphatic rings. The fourth-order valence-corrected chi connectivity index (χ4v) is 8.39. The van der Waals surface area contributed by atoms with Crippen LogP contribution >= 0.6 is 0 Å². The molecule has 0 radical (unpaired) electrons. The van der Waals surface area contributed by atoms with Gasteiger partial charge in [-0.05, 0) is 78.4 Å². The van der Waals surface area contributed by atoms with Gasteiger partial charge in [0.25, 0.3) is 0 Å². The summed E-state index contributed by atoms with van der Waals surface area (Å²) in [6.45, 7) is 13.6. The molecule has 0 spiro atoms. The number of aliphatic hydroxyl groups excluding tert-OH is 1. The van der Waals surface area contributed by atoms with Gasteiger partial charge in [-0.2, -0.15) is 0 Å². The largest absolute Gasteiger partial charge is 0.504 e. The first-order chi connectivity index (χ1) is 14.4. The predicted octanol–water partition coefficient (Wildman–Crippen LogP) is 6.42. The highest BCUT2D eigenvalue weighted by atomic mass is 16.3. The van der Waals surface area contributed by atoms with E-state index in [0.29, 0.717) is 17.3 Å². The van der Waals surface area contributed by atoms with E-state index in [0.717, 1.165) is 49.7 Å². The first-order valence-corrected chi connectivity index (χ1v) is 12.0. The Labute approximate surface area is 186 Å². The molecule has 0 aliphatic heterocycles. The van der Waals surface area contributed by atoms with Crippen LogP contribution in [-0.4, -0.2) is 16.7 Å². The molecule has 31 heavy (non-hydrogen) atoms. The molecule has 6 atom stereocenters. The highest BCUT2D eigenvalue weighted by Gasteiger charge is 2.66. The number of allylic oxidation sites excluding steroid dienone is 7. The Bertz CT molecular complexity index is 1040. The third-order valence-electron chi connectivity index (χ3n) is 10.7.